The van der Waals surface area contributed by atoms with Gasteiger partial charge in [0.05, 0.1) is 20.1 Å². The van der Waals surface area contributed by atoms with Gasteiger partial charge in [-0.1, -0.05) is 5.16 Å². The normalized spacial score (nSPS) is 16.3. The fourth-order valence-electron chi connectivity index (χ4n) is 3.92. The van der Waals surface area contributed by atoms with E-state index >= 15 is 0 Å². The summed E-state index contributed by atoms with van der Waals surface area (Å²) in [4.78, 5) is 18.9. The number of hydrogen-bond acceptors (Lipinski definition) is 7. The number of anilines is 1. The van der Waals surface area contributed by atoms with Crippen molar-refractivity contribution in [1.29, 1.82) is 0 Å². The van der Waals surface area contributed by atoms with Gasteiger partial charge in [-0.2, -0.15) is 4.98 Å². The van der Waals surface area contributed by atoms with E-state index in [-0.39, 0.29) is 11.8 Å². The van der Waals surface area contributed by atoms with Crippen LogP contribution in [0.4, 0.5) is 5.69 Å². The summed E-state index contributed by atoms with van der Waals surface area (Å²) >= 11 is 0. The lowest BCUT2D eigenvalue weighted by atomic mass is 10.1. The van der Waals surface area contributed by atoms with Crippen LogP contribution >= 0.6 is 0 Å². The third-order valence-corrected chi connectivity index (χ3v) is 5.65. The molecule has 0 N–H and O–H groups in total. The average molecular weight is 419 g/mol. The maximum absolute atomic E-state index is 12.6. The molecule has 4 aromatic rings. The standard InChI is InChI=1S/C23H21N3O5/c1-13-18-11-17(29-3)8-9-19(18)30-21(13)22-24-23(31-25-22)14-10-20(27)26(12-14)15-4-6-16(28-2)7-5-15/h4-9,11,14H,10,12H2,1-3H3/t14-/m1/s1. The molecule has 2 aromatic heterocycles. The largest absolute Gasteiger partial charge is 0.497 e. The highest BCUT2D eigenvalue weighted by atomic mass is 16.5. The quantitative estimate of drug-likeness (QED) is 0.475. The van der Waals surface area contributed by atoms with Gasteiger partial charge in [-0.15, -0.1) is 0 Å². The fraction of sp³-hybridized carbons (Fsp3) is 0.261. The van der Waals surface area contributed by atoms with Gasteiger partial charge in [-0.3, -0.25) is 4.79 Å². The zero-order chi connectivity index (χ0) is 21.5. The number of methoxy groups -OCH3 is 2. The van der Waals surface area contributed by atoms with E-state index in [0.717, 1.165) is 33.7 Å². The first-order valence-electron chi connectivity index (χ1n) is 9.93. The molecule has 0 radical (unpaired) electrons. The third kappa shape index (κ3) is 3.30. The number of fused-ring (bicyclic) bond motifs is 1. The van der Waals surface area contributed by atoms with Gasteiger partial charge >= 0.3 is 0 Å². The molecule has 1 amide bonds. The summed E-state index contributed by atoms with van der Waals surface area (Å²) in [6.07, 6.45) is 0.309. The topological polar surface area (TPSA) is 90.8 Å². The van der Waals surface area contributed by atoms with Crippen LogP contribution in [0.3, 0.4) is 0 Å². The minimum Gasteiger partial charge on any atom is -0.497 e. The number of ether oxygens (including phenoxy) is 2. The van der Waals surface area contributed by atoms with Crippen molar-refractivity contribution in [3.05, 3.63) is 53.9 Å². The summed E-state index contributed by atoms with van der Waals surface area (Å²) in [5.74, 6) is 2.68. The summed E-state index contributed by atoms with van der Waals surface area (Å²) in [5, 5.41) is 5.05. The van der Waals surface area contributed by atoms with Crippen molar-refractivity contribution < 1.29 is 23.2 Å². The predicted molar refractivity (Wildman–Crippen MR) is 114 cm³/mol. The maximum Gasteiger partial charge on any atom is 0.238 e. The second-order valence-electron chi connectivity index (χ2n) is 7.48. The van der Waals surface area contributed by atoms with Crippen molar-refractivity contribution in [2.45, 2.75) is 19.3 Å². The molecule has 8 heteroatoms. The number of furan rings is 1. The zero-order valence-corrected chi connectivity index (χ0v) is 17.4. The Morgan fingerprint density at radius 3 is 2.55 bits per heavy atom. The highest BCUT2D eigenvalue weighted by molar-refractivity contribution is 5.96. The summed E-state index contributed by atoms with van der Waals surface area (Å²) in [5.41, 5.74) is 2.44. The van der Waals surface area contributed by atoms with Gasteiger partial charge in [-0.25, -0.2) is 0 Å². The molecule has 158 valence electrons. The Labute approximate surface area is 178 Å². The minimum atomic E-state index is -0.180. The maximum atomic E-state index is 12.6. The first-order chi connectivity index (χ1) is 15.1. The minimum absolute atomic E-state index is 0.0157. The van der Waals surface area contributed by atoms with E-state index in [0.29, 0.717) is 30.4 Å². The number of amides is 1. The molecule has 5 rings (SSSR count). The van der Waals surface area contributed by atoms with Gasteiger partial charge in [0, 0.05) is 29.6 Å². The number of aromatic nitrogens is 2. The highest BCUT2D eigenvalue weighted by Crippen LogP contribution is 2.36. The predicted octanol–water partition coefficient (Wildman–Crippen LogP) is 4.33. The van der Waals surface area contributed by atoms with Gasteiger partial charge in [0.1, 0.15) is 17.1 Å². The van der Waals surface area contributed by atoms with Crippen LogP contribution in [0.5, 0.6) is 11.5 Å². The van der Waals surface area contributed by atoms with Crippen molar-refractivity contribution in [2.24, 2.45) is 0 Å². The lowest BCUT2D eigenvalue weighted by Gasteiger charge is -2.16. The molecule has 0 bridgehead atoms. The number of rotatable bonds is 5. The van der Waals surface area contributed by atoms with Crippen molar-refractivity contribution in [3.8, 4) is 23.1 Å². The summed E-state index contributed by atoms with van der Waals surface area (Å²) in [7, 11) is 3.24. The molecule has 1 aliphatic heterocycles. The van der Waals surface area contributed by atoms with Crippen LogP contribution in [0.2, 0.25) is 0 Å². The molecule has 1 saturated heterocycles. The van der Waals surface area contributed by atoms with Crippen LogP contribution in [0.1, 0.15) is 23.8 Å². The molecule has 1 atom stereocenters. The van der Waals surface area contributed by atoms with Crippen molar-refractivity contribution in [1.82, 2.24) is 10.1 Å². The van der Waals surface area contributed by atoms with Gasteiger partial charge in [0.2, 0.25) is 17.6 Å². The van der Waals surface area contributed by atoms with E-state index in [2.05, 4.69) is 10.1 Å². The second kappa shape index (κ2) is 7.46. The van der Waals surface area contributed by atoms with Crippen LogP contribution in [0.15, 0.2) is 51.4 Å². The number of aryl methyl sites for hydroxylation is 1. The SMILES string of the molecule is COc1ccc(N2C[C@H](c3nc(-c4oc5ccc(OC)cc5c4C)no3)CC2=O)cc1. The Morgan fingerprint density at radius 1 is 1.06 bits per heavy atom. The Balaban J connectivity index is 1.40. The van der Waals surface area contributed by atoms with Crippen LogP contribution < -0.4 is 14.4 Å². The number of carbonyl (C=O) groups excluding carboxylic acids is 1. The van der Waals surface area contributed by atoms with E-state index in [1.54, 1.807) is 19.1 Å². The molecule has 2 aromatic carbocycles. The second-order valence-corrected chi connectivity index (χ2v) is 7.48. The monoisotopic (exact) mass is 419 g/mol. The van der Waals surface area contributed by atoms with E-state index in [1.807, 2.05) is 49.4 Å². The zero-order valence-electron chi connectivity index (χ0n) is 17.4. The van der Waals surface area contributed by atoms with Crippen LogP contribution in [0.25, 0.3) is 22.6 Å². The summed E-state index contributed by atoms with van der Waals surface area (Å²) in [6, 6.07) is 13.0. The first kappa shape index (κ1) is 19.2. The summed E-state index contributed by atoms with van der Waals surface area (Å²) < 4.78 is 22.0. The lowest BCUT2D eigenvalue weighted by Crippen LogP contribution is -2.24. The number of carbonyl (C=O) groups is 1. The Kier molecular flexibility index (Phi) is 4.62. The molecular weight excluding hydrogens is 398 g/mol. The summed E-state index contributed by atoms with van der Waals surface area (Å²) in [6.45, 7) is 2.42. The molecule has 3 heterocycles. The number of nitrogens with zero attached hydrogens (tertiary/aromatic N) is 3. The van der Waals surface area contributed by atoms with E-state index in [4.69, 9.17) is 18.4 Å². The number of benzene rings is 2. The highest BCUT2D eigenvalue weighted by Gasteiger charge is 2.35. The Morgan fingerprint density at radius 2 is 1.81 bits per heavy atom. The first-order valence-corrected chi connectivity index (χ1v) is 9.93. The van der Waals surface area contributed by atoms with E-state index in [9.17, 15) is 4.79 Å². The molecule has 0 unspecified atom stereocenters. The molecule has 0 saturated carbocycles. The Bertz CT molecular complexity index is 1260. The molecule has 8 nitrogen and oxygen atoms in total. The smallest absolute Gasteiger partial charge is 0.238 e. The van der Waals surface area contributed by atoms with E-state index < -0.39 is 0 Å². The number of hydrogen-bond donors (Lipinski definition) is 0. The lowest BCUT2D eigenvalue weighted by molar-refractivity contribution is -0.117. The molecule has 1 aliphatic rings. The van der Waals surface area contributed by atoms with Gasteiger partial charge in [0.25, 0.3) is 0 Å². The van der Waals surface area contributed by atoms with Gasteiger partial charge < -0.3 is 23.3 Å². The fourth-order valence-corrected chi connectivity index (χ4v) is 3.92. The van der Waals surface area contributed by atoms with Gasteiger partial charge in [-0.05, 0) is 49.4 Å². The van der Waals surface area contributed by atoms with Crippen molar-refractivity contribution >= 4 is 22.6 Å². The van der Waals surface area contributed by atoms with Gasteiger partial charge in [0.15, 0.2) is 5.76 Å². The van der Waals surface area contributed by atoms with Crippen LogP contribution in [-0.2, 0) is 4.79 Å². The molecule has 0 spiro atoms. The Hall–Kier alpha value is -3.81. The molecule has 0 aliphatic carbocycles. The van der Waals surface area contributed by atoms with Crippen LogP contribution in [0, 0.1) is 6.92 Å². The van der Waals surface area contributed by atoms with Crippen LogP contribution in [-0.4, -0.2) is 36.8 Å². The average Bonchev–Trinajstić information content (AvgIpc) is 3.51. The molecule has 31 heavy (non-hydrogen) atoms. The third-order valence-electron chi connectivity index (χ3n) is 5.65. The van der Waals surface area contributed by atoms with E-state index in [1.165, 1.54) is 0 Å². The van der Waals surface area contributed by atoms with Crippen molar-refractivity contribution in [2.75, 3.05) is 25.7 Å². The molecule has 1 fully saturated rings. The molecular formula is C23H21N3O5. The van der Waals surface area contributed by atoms with Crippen molar-refractivity contribution in [3.63, 3.8) is 0 Å².